The second-order valence-corrected chi connectivity index (χ2v) is 6.18. The average Bonchev–Trinajstić information content (AvgIpc) is 3.10. The van der Waals surface area contributed by atoms with Gasteiger partial charge in [-0.1, -0.05) is 0 Å². The maximum atomic E-state index is 12.8. The van der Waals surface area contributed by atoms with Crippen LogP contribution in [-0.4, -0.2) is 17.4 Å². The number of anilines is 1. The molecule has 1 aromatic rings. The van der Waals surface area contributed by atoms with E-state index in [2.05, 4.69) is 10.6 Å². The van der Waals surface area contributed by atoms with Gasteiger partial charge in [0.1, 0.15) is 5.82 Å². The topological polar surface area (TPSA) is 58.2 Å². The van der Waals surface area contributed by atoms with Crippen molar-refractivity contribution < 1.29 is 14.0 Å². The number of carbonyl (C=O) groups is 2. The Morgan fingerprint density at radius 2 is 1.65 bits per heavy atom. The number of nitrogens with one attached hydrogen (secondary N) is 2. The Morgan fingerprint density at radius 3 is 2.20 bits per heavy atom. The van der Waals surface area contributed by atoms with Crippen molar-refractivity contribution in [1.82, 2.24) is 5.32 Å². The maximum Gasteiger partial charge on any atom is 0.228 e. The fourth-order valence-corrected chi connectivity index (χ4v) is 2.01. The van der Waals surface area contributed by atoms with Gasteiger partial charge in [-0.25, -0.2) is 4.39 Å². The molecule has 0 aliphatic heterocycles. The summed E-state index contributed by atoms with van der Waals surface area (Å²) in [6.45, 7) is 5.71. The molecular formula is C15H19FN2O2. The number of amides is 2. The lowest BCUT2D eigenvalue weighted by molar-refractivity contribution is -0.126. The third-order valence-electron chi connectivity index (χ3n) is 3.07. The minimum Gasteiger partial charge on any atom is -0.351 e. The van der Waals surface area contributed by atoms with E-state index in [0.29, 0.717) is 12.1 Å². The monoisotopic (exact) mass is 278 g/mol. The molecule has 5 heteroatoms. The van der Waals surface area contributed by atoms with Crippen molar-refractivity contribution in [2.45, 2.75) is 32.7 Å². The first-order valence-corrected chi connectivity index (χ1v) is 6.65. The molecule has 1 aliphatic rings. The van der Waals surface area contributed by atoms with Crippen molar-refractivity contribution in [3.63, 3.8) is 0 Å². The third kappa shape index (κ3) is 3.79. The molecule has 4 nitrogen and oxygen atoms in total. The van der Waals surface area contributed by atoms with Crippen molar-refractivity contribution >= 4 is 17.5 Å². The summed E-state index contributed by atoms with van der Waals surface area (Å²) in [5.74, 6) is -1.17. The van der Waals surface area contributed by atoms with Crippen LogP contribution in [0.3, 0.4) is 0 Å². The van der Waals surface area contributed by atoms with Crippen molar-refractivity contribution in [1.29, 1.82) is 0 Å². The molecular weight excluding hydrogens is 259 g/mol. The summed E-state index contributed by atoms with van der Waals surface area (Å²) in [5.41, 5.74) is 0.246. The number of hydrogen-bond acceptors (Lipinski definition) is 2. The molecule has 0 saturated heterocycles. The highest BCUT2D eigenvalue weighted by molar-refractivity contribution is 5.99. The lowest BCUT2D eigenvalue weighted by atomic mass is 10.1. The molecule has 2 atom stereocenters. The minimum absolute atomic E-state index is 0.0863. The number of hydrogen-bond donors (Lipinski definition) is 2. The quantitative estimate of drug-likeness (QED) is 0.891. The second kappa shape index (κ2) is 5.23. The van der Waals surface area contributed by atoms with E-state index in [4.69, 9.17) is 0 Å². The SMILES string of the molecule is CC(C)(C)NC(=O)C1CC1C(=O)Nc1ccc(F)cc1. The minimum atomic E-state index is -0.350. The molecule has 0 radical (unpaired) electrons. The van der Waals surface area contributed by atoms with Gasteiger partial charge in [0.15, 0.2) is 0 Å². The van der Waals surface area contributed by atoms with Crippen LogP contribution in [0.2, 0.25) is 0 Å². The van der Waals surface area contributed by atoms with Crippen molar-refractivity contribution in [2.24, 2.45) is 11.8 Å². The van der Waals surface area contributed by atoms with Crippen LogP contribution < -0.4 is 10.6 Å². The Labute approximate surface area is 117 Å². The van der Waals surface area contributed by atoms with Crippen molar-refractivity contribution in [3.05, 3.63) is 30.1 Å². The lowest BCUT2D eigenvalue weighted by Gasteiger charge is -2.20. The summed E-state index contributed by atoms with van der Waals surface area (Å²) in [7, 11) is 0. The van der Waals surface area contributed by atoms with Gasteiger partial charge in [-0.15, -0.1) is 0 Å². The first-order chi connectivity index (χ1) is 9.26. The Bertz CT molecular complexity index is 520. The van der Waals surface area contributed by atoms with E-state index in [-0.39, 0.29) is 35.0 Å². The summed E-state index contributed by atoms with van der Waals surface area (Å²) in [6.07, 6.45) is 0.564. The molecule has 2 rings (SSSR count). The summed E-state index contributed by atoms with van der Waals surface area (Å²) < 4.78 is 12.8. The first-order valence-electron chi connectivity index (χ1n) is 6.65. The van der Waals surface area contributed by atoms with Crippen LogP contribution in [0.25, 0.3) is 0 Å². The molecule has 2 N–H and O–H groups in total. The van der Waals surface area contributed by atoms with Gasteiger partial charge in [-0.2, -0.15) is 0 Å². The van der Waals surface area contributed by atoms with Gasteiger partial charge in [-0.05, 0) is 51.5 Å². The fourth-order valence-electron chi connectivity index (χ4n) is 2.01. The van der Waals surface area contributed by atoms with Crippen LogP contribution in [0.15, 0.2) is 24.3 Å². The van der Waals surface area contributed by atoms with Gasteiger partial charge in [0.2, 0.25) is 11.8 Å². The van der Waals surface area contributed by atoms with E-state index < -0.39 is 0 Å². The molecule has 1 aliphatic carbocycles. The van der Waals surface area contributed by atoms with Crippen LogP contribution in [0, 0.1) is 17.7 Å². The molecule has 20 heavy (non-hydrogen) atoms. The highest BCUT2D eigenvalue weighted by Gasteiger charge is 2.48. The number of rotatable bonds is 3. The molecule has 2 amide bonds. The zero-order valence-electron chi connectivity index (χ0n) is 11.9. The van der Waals surface area contributed by atoms with Gasteiger partial charge >= 0.3 is 0 Å². The molecule has 0 spiro atoms. The van der Waals surface area contributed by atoms with Crippen LogP contribution in [0.4, 0.5) is 10.1 Å². The zero-order valence-corrected chi connectivity index (χ0v) is 11.9. The summed E-state index contributed by atoms with van der Waals surface area (Å²) >= 11 is 0. The van der Waals surface area contributed by atoms with Gasteiger partial charge in [0.25, 0.3) is 0 Å². The predicted molar refractivity (Wildman–Crippen MR) is 74.5 cm³/mol. The van der Waals surface area contributed by atoms with Crippen LogP contribution >= 0.6 is 0 Å². The highest BCUT2D eigenvalue weighted by Crippen LogP contribution is 2.39. The number of halogens is 1. The predicted octanol–water partition coefficient (Wildman–Crippen LogP) is 2.32. The fraction of sp³-hybridized carbons (Fsp3) is 0.467. The molecule has 2 unspecified atom stereocenters. The zero-order chi connectivity index (χ0) is 14.9. The molecule has 1 saturated carbocycles. The smallest absolute Gasteiger partial charge is 0.228 e. The largest absolute Gasteiger partial charge is 0.351 e. The van der Waals surface area contributed by atoms with E-state index in [1.165, 1.54) is 24.3 Å². The molecule has 0 bridgehead atoms. The standard InChI is InChI=1S/C15H19FN2O2/c1-15(2,3)18-14(20)12-8-11(12)13(19)17-10-6-4-9(16)5-7-10/h4-7,11-12H,8H2,1-3H3,(H,17,19)(H,18,20). The van der Waals surface area contributed by atoms with Crippen LogP contribution in [-0.2, 0) is 9.59 Å². The van der Waals surface area contributed by atoms with E-state index in [1.807, 2.05) is 20.8 Å². The molecule has 0 aromatic heterocycles. The van der Waals surface area contributed by atoms with E-state index in [0.717, 1.165) is 0 Å². The van der Waals surface area contributed by atoms with E-state index >= 15 is 0 Å². The number of carbonyl (C=O) groups excluding carboxylic acids is 2. The van der Waals surface area contributed by atoms with Crippen molar-refractivity contribution in [2.75, 3.05) is 5.32 Å². The highest BCUT2D eigenvalue weighted by atomic mass is 19.1. The van der Waals surface area contributed by atoms with Gasteiger partial charge < -0.3 is 10.6 Å². The Hall–Kier alpha value is -1.91. The summed E-state index contributed by atoms with van der Waals surface area (Å²) in [6, 6.07) is 5.57. The number of benzene rings is 1. The Morgan fingerprint density at radius 1 is 1.10 bits per heavy atom. The van der Waals surface area contributed by atoms with E-state index in [1.54, 1.807) is 0 Å². The van der Waals surface area contributed by atoms with Crippen molar-refractivity contribution in [3.8, 4) is 0 Å². The molecule has 0 heterocycles. The first kappa shape index (κ1) is 14.5. The van der Waals surface area contributed by atoms with Crippen LogP contribution in [0.1, 0.15) is 27.2 Å². The van der Waals surface area contributed by atoms with Crippen LogP contribution in [0.5, 0.6) is 0 Å². The molecule has 108 valence electrons. The summed E-state index contributed by atoms with van der Waals surface area (Å²) in [5, 5.41) is 5.56. The van der Waals surface area contributed by atoms with E-state index in [9.17, 15) is 14.0 Å². The van der Waals surface area contributed by atoms with Gasteiger partial charge in [-0.3, -0.25) is 9.59 Å². The molecule has 1 fully saturated rings. The second-order valence-electron chi connectivity index (χ2n) is 6.18. The average molecular weight is 278 g/mol. The Balaban J connectivity index is 1.87. The Kier molecular flexibility index (Phi) is 3.79. The third-order valence-corrected chi connectivity index (χ3v) is 3.07. The van der Waals surface area contributed by atoms with Gasteiger partial charge in [0.05, 0.1) is 11.8 Å². The molecule has 1 aromatic carbocycles. The van der Waals surface area contributed by atoms with Gasteiger partial charge in [0, 0.05) is 11.2 Å². The summed E-state index contributed by atoms with van der Waals surface area (Å²) in [4.78, 5) is 23.8. The maximum absolute atomic E-state index is 12.8. The normalized spacial score (nSPS) is 21.2. The lowest BCUT2D eigenvalue weighted by Crippen LogP contribution is -2.42.